The van der Waals surface area contributed by atoms with Gasteiger partial charge in [0.25, 0.3) is 7.37 Å². The largest absolute Gasteiger partial charge is 0.322 e. The molecule has 25 heavy (non-hydrogen) atoms. The van der Waals surface area contributed by atoms with Gasteiger partial charge in [0.15, 0.2) is 0 Å². The van der Waals surface area contributed by atoms with E-state index in [-0.39, 0.29) is 0 Å². The predicted molar refractivity (Wildman–Crippen MR) is 106 cm³/mol. The quantitative estimate of drug-likeness (QED) is 0.585. The summed E-state index contributed by atoms with van der Waals surface area (Å²) in [7, 11) is -3.08. The van der Waals surface area contributed by atoms with Crippen LogP contribution in [0, 0.1) is 0 Å². The van der Waals surface area contributed by atoms with Gasteiger partial charge in [-0.3, -0.25) is 4.57 Å². The first-order valence-electron chi connectivity index (χ1n) is 8.30. The molecular formula is C22H21O2P. The first-order valence-corrected chi connectivity index (χ1v) is 9.93. The van der Waals surface area contributed by atoms with Crippen LogP contribution in [-0.4, -0.2) is 6.61 Å². The van der Waals surface area contributed by atoms with Gasteiger partial charge in [0.1, 0.15) is 0 Å². The Bertz CT molecular complexity index is 884. The highest BCUT2D eigenvalue weighted by Crippen LogP contribution is 2.44. The summed E-state index contributed by atoms with van der Waals surface area (Å²) >= 11 is 0. The van der Waals surface area contributed by atoms with Crippen molar-refractivity contribution in [3.05, 3.63) is 103 Å². The van der Waals surface area contributed by atoms with Crippen LogP contribution in [0.3, 0.4) is 0 Å². The van der Waals surface area contributed by atoms with Crippen LogP contribution in [0.2, 0.25) is 0 Å². The summed E-state index contributed by atoms with van der Waals surface area (Å²) < 4.78 is 19.2. The molecule has 0 heterocycles. The van der Waals surface area contributed by atoms with E-state index in [0.717, 1.165) is 16.7 Å². The lowest BCUT2D eigenvalue weighted by Crippen LogP contribution is -2.18. The van der Waals surface area contributed by atoms with Crippen LogP contribution in [0.25, 0.3) is 5.57 Å². The van der Waals surface area contributed by atoms with E-state index in [1.165, 1.54) is 0 Å². The van der Waals surface area contributed by atoms with Gasteiger partial charge >= 0.3 is 0 Å². The van der Waals surface area contributed by atoms with Gasteiger partial charge in [0.05, 0.1) is 6.61 Å². The Morgan fingerprint density at radius 2 is 1.28 bits per heavy atom. The minimum Gasteiger partial charge on any atom is -0.322 e. The molecule has 1 unspecified atom stereocenters. The second-order valence-corrected chi connectivity index (χ2v) is 8.09. The van der Waals surface area contributed by atoms with Crippen LogP contribution in [-0.2, 0) is 9.09 Å². The summed E-state index contributed by atoms with van der Waals surface area (Å²) in [5.74, 6) is 0. The van der Waals surface area contributed by atoms with Gasteiger partial charge in [-0.05, 0) is 47.9 Å². The molecule has 126 valence electrons. The van der Waals surface area contributed by atoms with Crippen molar-refractivity contribution < 1.29 is 9.09 Å². The van der Waals surface area contributed by atoms with E-state index in [9.17, 15) is 4.57 Å². The Morgan fingerprint density at radius 3 is 1.84 bits per heavy atom. The molecule has 0 aliphatic carbocycles. The van der Waals surface area contributed by atoms with Crippen LogP contribution < -0.4 is 10.6 Å². The summed E-state index contributed by atoms with van der Waals surface area (Å²) in [6.45, 7) is 6.44. The monoisotopic (exact) mass is 348 g/mol. The maximum Gasteiger partial charge on any atom is 0.261 e. The van der Waals surface area contributed by atoms with Crippen LogP contribution in [0.4, 0.5) is 0 Å². The summed E-state index contributed by atoms with van der Waals surface area (Å²) in [5.41, 5.74) is 3.02. The Balaban J connectivity index is 1.95. The van der Waals surface area contributed by atoms with E-state index >= 15 is 0 Å². The average molecular weight is 348 g/mol. The van der Waals surface area contributed by atoms with Crippen molar-refractivity contribution >= 4 is 23.6 Å². The normalized spacial score (nSPS) is 13.2. The lowest BCUT2D eigenvalue weighted by molar-refractivity contribution is 0.348. The molecular weight excluding hydrogens is 327 g/mol. The Morgan fingerprint density at radius 1 is 0.800 bits per heavy atom. The third-order valence-electron chi connectivity index (χ3n) is 4.08. The molecule has 0 spiro atoms. The third kappa shape index (κ3) is 3.66. The molecule has 3 heteroatoms. The smallest absolute Gasteiger partial charge is 0.261 e. The van der Waals surface area contributed by atoms with Gasteiger partial charge in [0, 0.05) is 10.6 Å². The fourth-order valence-electron chi connectivity index (χ4n) is 2.77. The molecule has 3 aromatic carbocycles. The fourth-order valence-corrected chi connectivity index (χ4v) is 4.84. The molecule has 0 aliphatic rings. The second kappa shape index (κ2) is 7.65. The van der Waals surface area contributed by atoms with Crippen LogP contribution >= 0.6 is 7.37 Å². The minimum atomic E-state index is -3.08. The molecule has 3 aromatic rings. The maximum absolute atomic E-state index is 13.5. The third-order valence-corrected chi connectivity index (χ3v) is 6.66. The van der Waals surface area contributed by atoms with Crippen molar-refractivity contribution in [3.63, 3.8) is 0 Å². The van der Waals surface area contributed by atoms with E-state index in [2.05, 4.69) is 6.58 Å². The Labute approximate surface area is 149 Å². The van der Waals surface area contributed by atoms with E-state index in [4.69, 9.17) is 4.52 Å². The van der Waals surface area contributed by atoms with Crippen LogP contribution in [0.5, 0.6) is 0 Å². The number of rotatable bonds is 6. The molecule has 0 radical (unpaired) electrons. The van der Waals surface area contributed by atoms with Crippen molar-refractivity contribution in [2.45, 2.75) is 6.92 Å². The highest BCUT2D eigenvalue weighted by molar-refractivity contribution is 7.74. The molecule has 0 fully saturated rings. The van der Waals surface area contributed by atoms with Crippen molar-refractivity contribution in [2.24, 2.45) is 0 Å². The molecule has 0 aromatic heterocycles. The average Bonchev–Trinajstić information content (AvgIpc) is 2.69. The fraction of sp³-hybridized carbons (Fsp3) is 0.0909. The number of benzene rings is 3. The molecule has 2 nitrogen and oxygen atoms in total. The van der Waals surface area contributed by atoms with Gasteiger partial charge < -0.3 is 4.52 Å². The zero-order valence-corrected chi connectivity index (χ0v) is 15.2. The summed E-state index contributed by atoms with van der Waals surface area (Å²) in [6.07, 6.45) is 0. The lowest BCUT2D eigenvalue weighted by Gasteiger charge is -2.19. The van der Waals surface area contributed by atoms with Crippen LogP contribution in [0.15, 0.2) is 91.5 Å². The summed E-state index contributed by atoms with van der Waals surface area (Å²) in [5, 5.41) is 1.41. The van der Waals surface area contributed by atoms with Crippen molar-refractivity contribution in [2.75, 3.05) is 6.61 Å². The highest BCUT2D eigenvalue weighted by Gasteiger charge is 2.27. The first-order chi connectivity index (χ1) is 12.1. The minimum absolute atomic E-state index is 0.393. The molecule has 0 aliphatic heterocycles. The standard InChI is InChI=1S/C22H21O2P/c1-3-24-25(23,21-12-8-5-9-13-21)22-16-14-20(15-17-22)18(2)19-10-6-4-7-11-19/h4-17H,2-3H2,1H3. The summed E-state index contributed by atoms with van der Waals surface area (Å²) in [6, 6.07) is 27.1. The molecule has 0 amide bonds. The SMILES string of the molecule is C=C(c1ccccc1)c1ccc(P(=O)(OCC)c2ccccc2)cc1. The Hall–Kier alpha value is -2.41. The summed E-state index contributed by atoms with van der Waals surface area (Å²) in [4.78, 5) is 0. The topological polar surface area (TPSA) is 26.3 Å². The second-order valence-electron chi connectivity index (χ2n) is 5.70. The van der Waals surface area contributed by atoms with E-state index < -0.39 is 7.37 Å². The Kier molecular flexibility index (Phi) is 5.33. The zero-order chi connectivity index (χ0) is 17.7. The van der Waals surface area contributed by atoms with E-state index in [0.29, 0.717) is 17.2 Å². The highest BCUT2D eigenvalue weighted by atomic mass is 31.2. The molecule has 0 saturated heterocycles. The first kappa shape index (κ1) is 17.4. The maximum atomic E-state index is 13.5. The van der Waals surface area contributed by atoms with Crippen molar-refractivity contribution in [3.8, 4) is 0 Å². The van der Waals surface area contributed by atoms with Crippen LogP contribution in [0.1, 0.15) is 18.1 Å². The van der Waals surface area contributed by atoms with Gasteiger partial charge in [-0.15, -0.1) is 0 Å². The van der Waals surface area contributed by atoms with E-state index in [1.54, 1.807) is 0 Å². The predicted octanol–water partition coefficient (Wildman–Crippen LogP) is 5.01. The zero-order valence-electron chi connectivity index (χ0n) is 14.3. The number of hydrogen-bond donors (Lipinski definition) is 0. The lowest BCUT2D eigenvalue weighted by atomic mass is 10.00. The van der Waals surface area contributed by atoms with Crippen molar-refractivity contribution in [1.82, 2.24) is 0 Å². The molecule has 0 saturated carbocycles. The molecule has 0 N–H and O–H groups in total. The number of hydrogen-bond acceptors (Lipinski definition) is 2. The molecule has 3 rings (SSSR count). The molecule has 1 atom stereocenters. The van der Waals surface area contributed by atoms with Gasteiger partial charge in [-0.25, -0.2) is 0 Å². The van der Waals surface area contributed by atoms with Gasteiger partial charge in [-0.2, -0.15) is 0 Å². The van der Waals surface area contributed by atoms with Crippen molar-refractivity contribution in [1.29, 1.82) is 0 Å². The van der Waals surface area contributed by atoms with Gasteiger partial charge in [-0.1, -0.05) is 67.2 Å². The van der Waals surface area contributed by atoms with Gasteiger partial charge in [0.2, 0.25) is 0 Å². The van der Waals surface area contributed by atoms with E-state index in [1.807, 2.05) is 91.9 Å². The molecule has 0 bridgehead atoms.